The Morgan fingerprint density at radius 3 is 2.67 bits per heavy atom. The molecule has 0 bridgehead atoms. The molecule has 0 spiro atoms. The zero-order valence-corrected chi connectivity index (χ0v) is 12.0. The number of hydrogen-bond donors (Lipinski definition) is 2. The van der Waals surface area contributed by atoms with Crippen molar-refractivity contribution in [2.45, 2.75) is 39.2 Å². The summed E-state index contributed by atoms with van der Waals surface area (Å²) < 4.78 is 34.3. The summed E-state index contributed by atoms with van der Waals surface area (Å²) in [5, 5.41) is 9.19. The molecule has 2 heterocycles. The van der Waals surface area contributed by atoms with Crippen LogP contribution in [0.25, 0.3) is 0 Å². The van der Waals surface area contributed by atoms with Gasteiger partial charge in [-0.3, -0.25) is 4.79 Å². The number of ether oxygens (including phenoxy) is 1. The number of hydrogen-bond acceptors (Lipinski definition) is 3. The largest absolute Gasteiger partial charge is 0.394 e. The smallest absolute Gasteiger partial charge is 0.254 e. The maximum absolute atomic E-state index is 14.4. The van der Waals surface area contributed by atoms with Gasteiger partial charge in [0.1, 0.15) is 23.8 Å². The van der Waals surface area contributed by atoms with Gasteiger partial charge >= 0.3 is 0 Å². The second-order valence-corrected chi connectivity index (χ2v) is 5.14. The molecule has 0 radical (unpaired) electrons. The number of rotatable bonds is 2. The molecule has 114 valence electrons. The summed E-state index contributed by atoms with van der Waals surface area (Å²) in [4.78, 5) is 14.1. The Labute approximate surface area is 121 Å². The molecule has 21 heavy (non-hydrogen) atoms. The minimum absolute atomic E-state index is 0.0176. The lowest BCUT2D eigenvalue weighted by Gasteiger charge is -2.17. The first-order valence-electron chi connectivity index (χ1n) is 6.67. The van der Waals surface area contributed by atoms with Crippen LogP contribution in [0.1, 0.15) is 36.8 Å². The van der Waals surface area contributed by atoms with E-state index in [4.69, 9.17) is 4.74 Å². The summed E-state index contributed by atoms with van der Waals surface area (Å²) in [6.07, 6.45) is -3.39. The lowest BCUT2D eigenvalue weighted by atomic mass is 9.94. The maximum Gasteiger partial charge on any atom is 0.254 e. The summed E-state index contributed by atoms with van der Waals surface area (Å²) in [5.74, 6) is 3.75. The quantitative estimate of drug-likeness (QED) is 0.815. The van der Waals surface area contributed by atoms with Crippen molar-refractivity contribution in [3.05, 3.63) is 33.0 Å². The van der Waals surface area contributed by atoms with Crippen molar-refractivity contribution in [1.29, 1.82) is 0 Å². The van der Waals surface area contributed by atoms with Crippen LogP contribution in [0.4, 0.5) is 8.78 Å². The number of halogens is 2. The van der Waals surface area contributed by atoms with Crippen LogP contribution in [0.2, 0.25) is 0 Å². The van der Waals surface area contributed by atoms with Gasteiger partial charge in [-0.2, -0.15) is 0 Å². The molecule has 1 saturated heterocycles. The lowest BCUT2D eigenvalue weighted by Crippen LogP contribution is -2.23. The fraction of sp³-hybridized carbons (Fsp3) is 0.533. The summed E-state index contributed by atoms with van der Waals surface area (Å²) in [5.41, 5.74) is -0.808. The van der Waals surface area contributed by atoms with E-state index in [1.54, 1.807) is 6.92 Å². The Bertz CT molecular complexity index is 659. The summed E-state index contributed by atoms with van der Waals surface area (Å²) in [6, 6.07) is 0. The van der Waals surface area contributed by atoms with E-state index < -0.39 is 35.7 Å². The molecule has 0 saturated carbocycles. The SMILES string of the molecule is CC#Cc1[nH]c(=O)c(C)c(F)c1[C@@H]1O[C@H](CO)C(C)[C@@H]1F. The van der Waals surface area contributed by atoms with E-state index in [2.05, 4.69) is 16.8 Å². The van der Waals surface area contributed by atoms with Crippen LogP contribution in [-0.4, -0.2) is 29.0 Å². The fourth-order valence-corrected chi connectivity index (χ4v) is 2.48. The molecular weight excluding hydrogens is 280 g/mol. The Kier molecular flexibility index (Phi) is 4.45. The van der Waals surface area contributed by atoms with Gasteiger partial charge in [0.2, 0.25) is 0 Å². The third kappa shape index (κ3) is 2.59. The highest BCUT2D eigenvalue weighted by Gasteiger charge is 2.45. The van der Waals surface area contributed by atoms with Gasteiger partial charge in [0.15, 0.2) is 0 Å². The van der Waals surface area contributed by atoms with Gasteiger partial charge < -0.3 is 14.8 Å². The van der Waals surface area contributed by atoms with E-state index in [0.717, 1.165) is 0 Å². The average molecular weight is 297 g/mol. The van der Waals surface area contributed by atoms with Gasteiger partial charge in [-0.05, 0) is 19.8 Å². The monoisotopic (exact) mass is 297 g/mol. The molecule has 1 aliphatic rings. The number of alkyl halides is 1. The topological polar surface area (TPSA) is 62.3 Å². The van der Waals surface area contributed by atoms with E-state index >= 15 is 0 Å². The average Bonchev–Trinajstić information content (AvgIpc) is 2.73. The summed E-state index contributed by atoms with van der Waals surface area (Å²) in [7, 11) is 0. The predicted molar refractivity (Wildman–Crippen MR) is 73.1 cm³/mol. The van der Waals surface area contributed by atoms with Gasteiger partial charge in [-0.1, -0.05) is 12.8 Å². The molecule has 1 aromatic rings. The third-order valence-electron chi connectivity index (χ3n) is 3.83. The molecule has 2 rings (SSSR count). The molecule has 4 nitrogen and oxygen atoms in total. The van der Waals surface area contributed by atoms with E-state index in [-0.39, 0.29) is 23.4 Å². The standard InChI is InChI=1S/C15H17F2NO3/c1-4-5-9-11(12(16)8(3)15(20)18-9)14-13(17)7(2)10(6-19)21-14/h7,10,13-14,19H,6H2,1-3H3,(H,18,20)/t7?,10-,13+,14+/m1/s1. The highest BCUT2D eigenvalue weighted by molar-refractivity contribution is 5.40. The fourth-order valence-electron chi connectivity index (χ4n) is 2.48. The van der Waals surface area contributed by atoms with Crippen LogP contribution in [0.15, 0.2) is 4.79 Å². The summed E-state index contributed by atoms with van der Waals surface area (Å²) in [6.45, 7) is 4.08. The Hall–Kier alpha value is -1.71. The zero-order chi connectivity index (χ0) is 15.7. The molecule has 6 heteroatoms. The molecule has 0 aromatic carbocycles. The second-order valence-electron chi connectivity index (χ2n) is 5.14. The third-order valence-corrected chi connectivity index (χ3v) is 3.83. The summed E-state index contributed by atoms with van der Waals surface area (Å²) >= 11 is 0. The number of aliphatic hydroxyl groups excluding tert-OH is 1. The van der Waals surface area contributed by atoms with Crippen molar-refractivity contribution in [2.24, 2.45) is 5.92 Å². The van der Waals surface area contributed by atoms with Crippen LogP contribution >= 0.6 is 0 Å². The van der Waals surface area contributed by atoms with E-state index in [1.165, 1.54) is 13.8 Å². The zero-order valence-electron chi connectivity index (χ0n) is 12.0. The Morgan fingerprint density at radius 1 is 1.48 bits per heavy atom. The number of aromatic nitrogens is 1. The molecule has 0 amide bonds. The number of pyridine rings is 1. The van der Waals surface area contributed by atoms with Crippen LogP contribution < -0.4 is 5.56 Å². The lowest BCUT2D eigenvalue weighted by molar-refractivity contribution is -0.00640. The van der Waals surface area contributed by atoms with Gasteiger partial charge in [0.05, 0.1) is 23.8 Å². The van der Waals surface area contributed by atoms with Crippen molar-refractivity contribution in [3.63, 3.8) is 0 Å². The first-order chi connectivity index (χ1) is 9.92. The molecule has 0 aliphatic carbocycles. The molecular formula is C15H17F2NO3. The van der Waals surface area contributed by atoms with Crippen LogP contribution in [-0.2, 0) is 4.74 Å². The highest BCUT2D eigenvalue weighted by atomic mass is 19.1. The highest BCUT2D eigenvalue weighted by Crippen LogP contribution is 2.41. The van der Waals surface area contributed by atoms with Crippen LogP contribution in [0.5, 0.6) is 0 Å². The number of nitrogens with one attached hydrogen (secondary N) is 1. The second kappa shape index (κ2) is 5.96. The van der Waals surface area contributed by atoms with Gasteiger partial charge in [-0.15, -0.1) is 0 Å². The van der Waals surface area contributed by atoms with E-state index in [0.29, 0.717) is 0 Å². The predicted octanol–water partition coefficient (Wildman–Crippen LogP) is 1.60. The Balaban J connectivity index is 2.60. The van der Waals surface area contributed by atoms with E-state index in [9.17, 15) is 18.7 Å². The van der Waals surface area contributed by atoms with Crippen molar-refractivity contribution in [1.82, 2.24) is 4.98 Å². The molecule has 1 unspecified atom stereocenters. The van der Waals surface area contributed by atoms with Crippen molar-refractivity contribution in [3.8, 4) is 11.8 Å². The minimum atomic E-state index is -1.49. The van der Waals surface area contributed by atoms with Crippen molar-refractivity contribution >= 4 is 0 Å². The van der Waals surface area contributed by atoms with Crippen molar-refractivity contribution in [2.75, 3.05) is 6.61 Å². The first-order valence-corrected chi connectivity index (χ1v) is 6.67. The minimum Gasteiger partial charge on any atom is -0.394 e. The molecule has 1 aliphatic heterocycles. The molecule has 1 aromatic heterocycles. The normalized spacial score (nSPS) is 28.3. The van der Waals surface area contributed by atoms with Gasteiger partial charge in [0.25, 0.3) is 5.56 Å². The van der Waals surface area contributed by atoms with Crippen molar-refractivity contribution < 1.29 is 18.6 Å². The molecule has 2 N–H and O–H groups in total. The first kappa shape index (κ1) is 15.7. The Morgan fingerprint density at radius 2 is 2.14 bits per heavy atom. The molecule has 1 fully saturated rings. The van der Waals surface area contributed by atoms with Gasteiger partial charge in [-0.25, -0.2) is 8.78 Å². The van der Waals surface area contributed by atoms with Crippen LogP contribution in [0.3, 0.4) is 0 Å². The van der Waals surface area contributed by atoms with Crippen LogP contribution in [0, 0.1) is 30.5 Å². The number of H-pyrrole nitrogens is 1. The molecule has 4 atom stereocenters. The van der Waals surface area contributed by atoms with Gasteiger partial charge in [0, 0.05) is 5.92 Å². The maximum atomic E-state index is 14.4. The number of aliphatic hydroxyl groups is 1. The van der Waals surface area contributed by atoms with E-state index in [1.807, 2.05) is 0 Å². The number of aromatic amines is 1.